The first-order chi connectivity index (χ1) is 13.8. The van der Waals surface area contributed by atoms with Crippen LogP contribution in [-0.4, -0.2) is 36.4 Å². The van der Waals surface area contributed by atoms with Gasteiger partial charge in [0.25, 0.3) is 5.69 Å². The summed E-state index contributed by atoms with van der Waals surface area (Å²) in [5.41, 5.74) is 3.59. The quantitative estimate of drug-likeness (QED) is 0.417. The molecule has 1 fully saturated rings. The van der Waals surface area contributed by atoms with Crippen molar-refractivity contribution in [3.05, 3.63) is 64.0 Å². The largest absolute Gasteiger partial charge is 0.295 e. The number of nitrogens with one attached hydrogen (secondary N) is 1. The van der Waals surface area contributed by atoms with Gasteiger partial charge in [-0.05, 0) is 49.1 Å². The molecule has 2 aromatic carbocycles. The van der Waals surface area contributed by atoms with Gasteiger partial charge in [-0.15, -0.1) is 0 Å². The van der Waals surface area contributed by atoms with Crippen LogP contribution in [0.4, 0.5) is 15.8 Å². The minimum absolute atomic E-state index is 0.0726. The molecule has 154 valence electrons. The molecule has 0 radical (unpaired) electrons. The van der Waals surface area contributed by atoms with E-state index in [1.165, 1.54) is 28.6 Å². The predicted molar refractivity (Wildman–Crippen MR) is 108 cm³/mol. The van der Waals surface area contributed by atoms with Crippen molar-refractivity contribution in [1.82, 2.24) is 4.31 Å². The maximum Gasteiger partial charge on any atom is 0.295 e. The van der Waals surface area contributed by atoms with Gasteiger partial charge in [-0.25, -0.2) is 12.8 Å². The number of benzene rings is 2. The molecule has 1 aliphatic rings. The van der Waals surface area contributed by atoms with E-state index in [0.717, 1.165) is 18.9 Å². The molecule has 2 aromatic rings. The number of nitro groups is 1. The minimum Gasteiger partial charge on any atom is -0.271 e. The Labute approximate surface area is 168 Å². The highest BCUT2D eigenvalue weighted by molar-refractivity contribution is 7.89. The van der Waals surface area contributed by atoms with E-state index in [0.29, 0.717) is 30.8 Å². The SMILES string of the molecule is CC/C(=N/Nc1ccc(S(=O)(=O)N2CCCC2)cc1[N+](=O)[O-])c1ccc(F)cc1. The van der Waals surface area contributed by atoms with Crippen molar-refractivity contribution in [2.45, 2.75) is 31.1 Å². The van der Waals surface area contributed by atoms with Gasteiger partial charge in [0.05, 0.1) is 15.5 Å². The average Bonchev–Trinajstić information content (AvgIpc) is 3.25. The number of hydrazone groups is 1. The standard InChI is InChI=1S/C19H21FN4O4S/c1-2-17(14-5-7-15(20)8-6-14)21-22-18-10-9-16(13-19(18)24(25)26)29(27,28)23-11-3-4-12-23/h5-10,13,22H,2-4,11-12H2,1H3/b21-17-. The molecule has 0 spiro atoms. The van der Waals surface area contributed by atoms with E-state index in [2.05, 4.69) is 10.5 Å². The first-order valence-electron chi connectivity index (χ1n) is 9.20. The van der Waals surface area contributed by atoms with Crippen LogP contribution in [0.15, 0.2) is 52.5 Å². The van der Waals surface area contributed by atoms with Gasteiger partial charge in [-0.1, -0.05) is 19.1 Å². The van der Waals surface area contributed by atoms with Gasteiger partial charge in [-0.3, -0.25) is 15.5 Å². The Bertz CT molecular complexity index is 1030. The molecule has 3 rings (SSSR count). The Hall–Kier alpha value is -2.85. The Morgan fingerprint density at radius 2 is 1.86 bits per heavy atom. The highest BCUT2D eigenvalue weighted by Crippen LogP contribution is 2.30. The second-order valence-corrected chi connectivity index (χ2v) is 8.52. The van der Waals surface area contributed by atoms with E-state index in [9.17, 15) is 22.9 Å². The lowest BCUT2D eigenvalue weighted by molar-refractivity contribution is -0.384. The molecule has 10 heteroatoms. The van der Waals surface area contributed by atoms with Crippen molar-refractivity contribution >= 4 is 27.1 Å². The van der Waals surface area contributed by atoms with E-state index in [-0.39, 0.29) is 22.1 Å². The zero-order valence-electron chi connectivity index (χ0n) is 15.8. The average molecular weight is 420 g/mol. The summed E-state index contributed by atoms with van der Waals surface area (Å²) in [6, 6.07) is 9.47. The van der Waals surface area contributed by atoms with Crippen LogP contribution in [0.25, 0.3) is 0 Å². The summed E-state index contributed by atoms with van der Waals surface area (Å²) < 4.78 is 39.8. The van der Waals surface area contributed by atoms with E-state index in [1.54, 1.807) is 12.1 Å². The van der Waals surface area contributed by atoms with Gasteiger partial charge in [0, 0.05) is 19.2 Å². The third-order valence-electron chi connectivity index (χ3n) is 4.69. The van der Waals surface area contributed by atoms with Crippen LogP contribution in [-0.2, 0) is 10.0 Å². The molecule has 0 atom stereocenters. The highest BCUT2D eigenvalue weighted by atomic mass is 32.2. The molecule has 0 amide bonds. The molecule has 0 aliphatic carbocycles. The van der Waals surface area contributed by atoms with Crippen LogP contribution in [0.3, 0.4) is 0 Å². The Kier molecular flexibility index (Phi) is 6.23. The predicted octanol–water partition coefficient (Wildman–Crippen LogP) is 3.74. The Morgan fingerprint density at radius 3 is 2.45 bits per heavy atom. The lowest BCUT2D eigenvalue weighted by Crippen LogP contribution is -2.27. The number of anilines is 1. The summed E-state index contributed by atoms with van der Waals surface area (Å²) >= 11 is 0. The van der Waals surface area contributed by atoms with E-state index < -0.39 is 14.9 Å². The summed E-state index contributed by atoms with van der Waals surface area (Å²) in [6.45, 7) is 2.68. The lowest BCUT2D eigenvalue weighted by atomic mass is 10.1. The molecular weight excluding hydrogens is 399 g/mol. The number of halogens is 1. The molecule has 1 aliphatic heterocycles. The van der Waals surface area contributed by atoms with E-state index in [1.807, 2.05) is 6.92 Å². The molecule has 0 aromatic heterocycles. The zero-order chi connectivity index (χ0) is 21.0. The third-order valence-corrected chi connectivity index (χ3v) is 6.59. The number of nitrogens with zero attached hydrogens (tertiary/aromatic N) is 3. The minimum atomic E-state index is -3.76. The third kappa shape index (κ3) is 4.60. The molecule has 0 unspecified atom stereocenters. The smallest absolute Gasteiger partial charge is 0.271 e. The fourth-order valence-electron chi connectivity index (χ4n) is 3.11. The van der Waals surface area contributed by atoms with Gasteiger partial charge in [0.2, 0.25) is 10.0 Å². The number of rotatable bonds is 7. The van der Waals surface area contributed by atoms with Crippen molar-refractivity contribution in [3.63, 3.8) is 0 Å². The summed E-state index contributed by atoms with van der Waals surface area (Å²) in [6.07, 6.45) is 2.06. The molecule has 29 heavy (non-hydrogen) atoms. The molecule has 1 saturated heterocycles. The van der Waals surface area contributed by atoms with Crippen LogP contribution >= 0.6 is 0 Å². The zero-order valence-corrected chi connectivity index (χ0v) is 16.7. The Balaban J connectivity index is 1.91. The van der Waals surface area contributed by atoms with Gasteiger partial charge < -0.3 is 0 Å². The summed E-state index contributed by atoms with van der Waals surface area (Å²) in [5, 5.41) is 15.7. The number of hydrogen-bond donors (Lipinski definition) is 1. The van der Waals surface area contributed by atoms with E-state index >= 15 is 0 Å². The maximum absolute atomic E-state index is 13.1. The van der Waals surface area contributed by atoms with Crippen molar-refractivity contribution in [1.29, 1.82) is 0 Å². The first kappa shape index (κ1) is 20.9. The van der Waals surface area contributed by atoms with Crippen molar-refractivity contribution in [3.8, 4) is 0 Å². The molecule has 0 bridgehead atoms. The molecule has 0 saturated carbocycles. The molecule has 8 nitrogen and oxygen atoms in total. The van der Waals surface area contributed by atoms with Gasteiger partial charge >= 0.3 is 0 Å². The monoisotopic (exact) mass is 420 g/mol. The van der Waals surface area contributed by atoms with Crippen molar-refractivity contribution < 1.29 is 17.7 Å². The summed E-state index contributed by atoms with van der Waals surface area (Å²) in [5.74, 6) is -0.373. The molecule has 1 N–H and O–H groups in total. The second kappa shape index (κ2) is 8.66. The van der Waals surface area contributed by atoms with Gasteiger partial charge in [0.15, 0.2) is 0 Å². The number of hydrogen-bond acceptors (Lipinski definition) is 6. The molecule has 1 heterocycles. The van der Waals surface area contributed by atoms with Crippen LogP contribution in [0.1, 0.15) is 31.7 Å². The van der Waals surface area contributed by atoms with Crippen LogP contribution in [0.2, 0.25) is 0 Å². The van der Waals surface area contributed by atoms with Crippen molar-refractivity contribution in [2.24, 2.45) is 5.10 Å². The van der Waals surface area contributed by atoms with E-state index in [4.69, 9.17) is 0 Å². The lowest BCUT2D eigenvalue weighted by Gasteiger charge is -2.15. The Morgan fingerprint density at radius 1 is 1.21 bits per heavy atom. The first-order valence-corrected chi connectivity index (χ1v) is 10.6. The summed E-state index contributed by atoms with van der Waals surface area (Å²) in [4.78, 5) is 10.7. The van der Waals surface area contributed by atoms with Crippen LogP contribution < -0.4 is 5.43 Å². The van der Waals surface area contributed by atoms with Gasteiger partial charge in [-0.2, -0.15) is 9.41 Å². The van der Waals surface area contributed by atoms with Crippen molar-refractivity contribution in [2.75, 3.05) is 18.5 Å². The summed E-state index contributed by atoms with van der Waals surface area (Å²) in [7, 11) is -3.76. The fourth-order valence-corrected chi connectivity index (χ4v) is 4.65. The molecular formula is C19H21FN4O4S. The van der Waals surface area contributed by atoms with Gasteiger partial charge in [0.1, 0.15) is 11.5 Å². The fraction of sp³-hybridized carbons (Fsp3) is 0.316. The number of sulfonamides is 1. The number of nitro benzene ring substituents is 1. The van der Waals surface area contributed by atoms with Crippen LogP contribution in [0.5, 0.6) is 0 Å². The maximum atomic E-state index is 13.1. The second-order valence-electron chi connectivity index (χ2n) is 6.58. The topological polar surface area (TPSA) is 105 Å². The normalized spacial score (nSPS) is 15.4. The highest BCUT2D eigenvalue weighted by Gasteiger charge is 2.29. The van der Waals surface area contributed by atoms with Crippen LogP contribution in [0, 0.1) is 15.9 Å².